The summed E-state index contributed by atoms with van der Waals surface area (Å²) in [5, 5.41) is 30.9. The van der Waals surface area contributed by atoms with E-state index in [1.165, 1.54) is 18.1 Å². The Kier molecular flexibility index (Phi) is 8.17. The Morgan fingerprint density at radius 2 is 1.95 bits per heavy atom. The van der Waals surface area contributed by atoms with Crippen molar-refractivity contribution in [2.24, 2.45) is 0 Å². The SMILES string of the molecule is COc1cc(C(F)(F)F)ccc1-c1nnc(N[C@@H]2CCC(C(O)C#N)N(C(=O)OC(C)(C)C)C2)cc1C. The van der Waals surface area contributed by atoms with Crippen molar-refractivity contribution in [3.05, 3.63) is 35.4 Å². The van der Waals surface area contributed by atoms with E-state index in [9.17, 15) is 28.3 Å². The molecule has 9 nitrogen and oxygen atoms in total. The fourth-order valence-corrected chi connectivity index (χ4v) is 4.15. The number of alkyl halides is 3. The molecule has 37 heavy (non-hydrogen) atoms. The van der Waals surface area contributed by atoms with Gasteiger partial charge in [0.05, 0.1) is 30.5 Å². The van der Waals surface area contributed by atoms with E-state index in [1.54, 1.807) is 39.8 Å². The number of halogens is 3. The van der Waals surface area contributed by atoms with E-state index in [-0.39, 0.29) is 18.3 Å². The van der Waals surface area contributed by atoms with Crippen molar-refractivity contribution < 1.29 is 32.5 Å². The van der Waals surface area contributed by atoms with E-state index in [2.05, 4.69) is 15.5 Å². The number of ether oxygens (including phenoxy) is 2. The maximum atomic E-state index is 13.1. The van der Waals surface area contributed by atoms with Gasteiger partial charge < -0.3 is 19.9 Å². The molecule has 2 N–H and O–H groups in total. The highest BCUT2D eigenvalue weighted by molar-refractivity contribution is 5.71. The van der Waals surface area contributed by atoms with Crippen LogP contribution >= 0.6 is 0 Å². The molecule has 1 aliphatic heterocycles. The molecule has 2 unspecified atom stereocenters. The van der Waals surface area contributed by atoms with Crippen LogP contribution in [0.3, 0.4) is 0 Å². The number of aliphatic hydroxyl groups is 1. The Hall–Kier alpha value is -3.59. The van der Waals surface area contributed by atoms with E-state index in [0.717, 1.165) is 12.1 Å². The van der Waals surface area contributed by atoms with Gasteiger partial charge in [-0.3, -0.25) is 4.90 Å². The number of nitriles is 1. The summed E-state index contributed by atoms with van der Waals surface area (Å²) in [5.74, 6) is 0.427. The maximum absolute atomic E-state index is 13.1. The summed E-state index contributed by atoms with van der Waals surface area (Å²) in [5.41, 5.74) is -0.199. The van der Waals surface area contributed by atoms with Crippen molar-refractivity contribution in [1.82, 2.24) is 15.1 Å². The number of aliphatic hydroxyl groups excluding tert-OH is 1. The van der Waals surface area contributed by atoms with Crippen molar-refractivity contribution in [1.29, 1.82) is 5.26 Å². The molecule has 1 aliphatic rings. The van der Waals surface area contributed by atoms with Gasteiger partial charge in [0, 0.05) is 18.2 Å². The third-order valence-electron chi connectivity index (χ3n) is 5.87. The van der Waals surface area contributed by atoms with Gasteiger partial charge in [0.25, 0.3) is 0 Å². The monoisotopic (exact) mass is 521 g/mol. The minimum Gasteiger partial charge on any atom is -0.496 e. The number of aromatic nitrogens is 2. The molecule has 200 valence electrons. The predicted molar refractivity (Wildman–Crippen MR) is 129 cm³/mol. The molecule has 1 aromatic carbocycles. The average Bonchev–Trinajstić information content (AvgIpc) is 2.81. The third-order valence-corrected chi connectivity index (χ3v) is 5.87. The number of piperidine rings is 1. The second kappa shape index (κ2) is 10.8. The molecule has 3 rings (SSSR count). The molecule has 0 radical (unpaired) electrons. The zero-order valence-corrected chi connectivity index (χ0v) is 21.3. The fourth-order valence-electron chi connectivity index (χ4n) is 4.15. The second-order valence-electron chi connectivity index (χ2n) is 9.87. The van der Waals surface area contributed by atoms with Gasteiger partial charge in [-0.15, -0.1) is 10.2 Å². The highest BCUT2D eigenvalue weighted by Crippen LogP contribution is 2.37. The molecule has 1 amide bonds. The summed E-state index contributed by atoms with van der Waals surface area (Å²) >= 11 is 0. The summed E-state index contributed by atoms with van der Waals surface area (Å²) in [4.78, 5) is 14.1. The lowest BCUT2D eigenvalue weighted by molar-refractivity contribution is -0.137. The Morgan fingerprint density at radius 1 is 1.24 bits per heavy atom. The number of carbonyl (C=O) groups is 1. The van der Waals surface area contributed by atoms with Gasteiger partial charge in [0.15, 0.2) is 6.10 Å². The quantitative estimate of drug-likeness (QED) is 0.550. The Labute approximate surface area is 213 Å². The first-order chi connectivity index (χ1) is 17.2. The molecular formula is C25H30F3N5O4. The van der Waals surface area contributed by atoms with Crippen LogP contribution in [0.15, 0.2) is 24.3 Å². The van der Waals surface area contributed by atoms with Crippen LogP contribution in [0.2, 0.25) is 0 Å². The number of nitrogens with zero attached hydrogens (tertiary/aromatic N) is 4. The molecule has 2 heterocycles. The number of hydrogen-bond acceptors (Lipinski definition) is 8. The highest BCUT2D eigenvalue weighted by Gasteiger charge is 2.38. The molecular weight excluding hydrogens is 491 g/mol. The Bertz CT molecular complexity index is 1180. The first-order valence-electron chi connectivity index (χ1n) is 11.7. The molecule has 0 bridgehead atoms. The number of amides is 1. The zero-order valence-electron chi connectivity index (χ0n) is 21.3. The number of benzene rings is 1. The van der Waals surface area contributed by atoms with Gasteiger partial charge in [0.2, 0.25) is 0 Å². The van der Waals surface area contributed by atoms with Crippen molar-refractivity contribution in [2.45, 2.75) is 70.5 Å². The molecule has 1 aromatic heterocycles. The van der Waals surface area contributed by atoms with E-state index in [0.29, 0.717) is 35.5 Å². The van der Waals surface area contributed by atoms with E-state index in [1.807, 2.05) is 0 Å². The van der Waals surface area contributed by atoms with Gasteiger partial charge in [-0.1, -0.05) is 0 Å². The number of nitrogens with one attached hydrogen (secondary N) is 1. The second-order valence-corrected chi connectivity index (χ2v) is 9.87. The largest absolute Gasteiger partial charge is 0.496 e. The number of hydrogen-bond donors (Lipinski definition) is 2. The van der Waals surface area contributed by atoms with Crippen LogP contribution < -0.4 is 10.1 Å². The molecule has 0 spiro atoms. The smallest absolute Gasteiger partial charge is 0.416 e. The van der Waals surface area contributed by atoms with Gasteiger partial charge in [-0.05, 0) is 70.4 Å². The molecule has 0 saturated carbocycles. The van der Waals surface area contributed by atoms with Gasteiger partial charge >= 0.3 is 12.3 Å². The van der Waals surface area contributed by atoms with Crippen molar-refractivity contribution in [3.63, 3.8) is 0 Å². The van der Waals surface area contributed by atoms with Crippen molar-refractivity contribution in [2.75, 3.05) is 19.0 Å². The molecule has 3 atom stereocenters. The summed E-state index contributed by atoms with van der Waals surface area (Å²) in [6, 6.07) is 5.69. The normalized spacial score (nSPS) is 19.1. The lowest BCUT2D eigenvalue weighted by Gasteiger charge is -2.40. The van der Waals surface area contributed by atoms with Crippen LogP contribution in [0.4, 0.5) is 23.8 Å². The summed E-state index contributed by atoms with van der Waals surface area (Å²) < 4.78 is 49.9. The van der Waals surface area contributed by atoms with Crippen LogP contribution in [0.25, 0.3) is 11.3 Å². The summed E-state index contributed by atoms with van der Waals surface area (Å²) in [6.07, 6.45) is -5.59. The standard InChI is InChI=1S/C25H30F3N5O4/c1-14-10-21(31-32-22(14)17-8-6-15(25(26,27)28)11-20(17)36-5)30-16-7-9-18(19(34)12-29)33(13-16)23(35)37-24(2,3)4/h6,8,10-11,16,18-19,34H,7,9,13H2,1-5H3,(H,30,31)/t16-,18?,19?/m1/s1. The van der Waals surface area contributed by atoms with Crippen LogP contribution in [0.1, 0.15) is 44.7 Å². The Morgan fingerprint density at radius 3 is 2.51 bits per heavy atom. The fraction of sp³-hybridized carbons (Fsp3) is 0.520. The van der Waals surface area contributed by atoms with Crippen LogP contribution in [-0.4, -0.2) is 63.7 Å². The number of aryl methyl sites for hydroxylation is 1. The topological polar surface area (TPSA) is 121 Å². The number of likely N-dealkylation sites (tertiary alicyclic amines) is 1. The predicted octanol–water partition coefficient (Wildman–Crippen LogP) is 4.54. The highest BCUT2D eigenvalue weighted by atomic mass is 19.4. The molecule has 1 fully saturated rings. The van der Waals surface area contributed by atoms with Crippen LogP contribution in [-0.2, 0) is 10.9 Å². The summed E-state index contributed by atoms with van der Waals surface area (Å²) in [7, 11) is 1.29. The van der Waals surface area contributed by atoms with Crippen molar-refractivity contribution >= 4 is 11.9 Å². The lowest BCUT2D eigenvalue weighted by Crippen LogP contribution is -2.55. The van der Waals surface area contributed by atoms with Crippen LogP contribution in [0, 0.1) is 18.3 Å². The number of anilines is 1. The lowest BCUT2D eigenvalue weighted by atomic mass is 9.95. The maximum Gasteiger partial charge on any atom is 0.416 e. The zero-order chi connectivity index (χ0) is 27.5. The number of rotatable bonds is 5. The minimum absolute atomic E-state index is 0.0234. The average molecular weight is 522 g/mol. The molecule has 12 heteroatoms. The van der Waals surface area contributed by atoms with Gasteiger partial charge in [-0.25, -0.2) is 4.79 Å². The molecule has 2 aromatic rings. The van der Waals surface area contributed by atoms with E-state index >= 15 is 0 Å². The number of methoxy groups -OCH3 is 1. The van der Waals surface area contributed by atoms with Crippen molar-refractivity contribution in [3.8, 4) is 23.1 Å². The van der Waals surface area contributed by atoms with Crippen LogP contribution in [0.5, 0.6) is 5.75 Å². The third kappa shape index (κ3) is 6.80. The first kappa shape index (κ1) is 28.0. The number of carbonyl (C=O) groups excluding carboxylic acids is 1. The molecule has 1 saturated heterocycles. The molecule has 0 aliphatic carbocycles. The van der Waals surface area contributed by atoms with E-state index < -0.39 is 35.6 Å². The van der Waals surface area contributed by atoms with E-state index in [4.69, 9.17) is 9.47 Å². The Balaban J connectivity index is 1.80. The van der Waals surface area contributed by atoms with Gasteiger partial charge in [0.1, 0.15) is 17.2 Å². The first-order valence-corrected chi connectivity index (χ1v) is 11.7. The summed E-state index contributed by atoms with van der Waals surface area (Å²) in [6.45, 7) is 7.09. The van der Waals surface area contributed by atoms with Gasteiger partial charge in [-0.2, -0.15) is 18.4 Å². The minimum atomic E-state index is -4.50.